The molecule has 4 nitrogen and oxygen atoms in total. The van der Waals surface area contributed by atoms with Crippen molar-refractivity contribution in [1.29, 1.82) is 5.26 Å². The molecule has 54 heavy (non-hydrogen) atoms. The number of hydrogen-bond donors (Lipinski definition) is 0. The van der Waals surface area contributed by atoms with Gasteiger partial charge in [0, 0.05) is 39.5 Å². The molecule has 3 heterocycles. The van der Waals surface area contributed by atoms with Gasteiger partial charge in [-0.15, -0.1) is 0 Å². The van der Waals surface area contributed by atoms with Gasteiger partial charge >= 0.3 is 0 Å². The van der Waals surface area contributed by atoms with E-state index in [2.05, 4.69) is 180 Å². The van der Waals surface area contributed by atoms with Gasteiger partial charge in [0.15, 0.2) is 0 Å². The molecule has 0 saturated carbocycles. The molecule has 0 unspecified atom stereocenters. The van der Waals surface area contributed by atoms with Crippen molar-refractivity contribution in [3.63, 3.8) is 0 Å². The third kappa shape index (κ3) is 5.02. The molecule has 0 aliphatic rings. The summed E-state index contributed by atoms with van der Waals surface area (Å²) in [6.45, 7) is 4.24. The number of aryl methyl sites for hydroxylation is 2. The SMILES string of the molecule is Cc1ccc(-c2ccc3c(c2)c2ccccc2n3-c2cc(C#N)c(-c3ccncc3)cc2-n2c3ccccc3c3cc(-c4ccc(C)cc4)ccc32)cc1. The van der Waals surface area contributed by atoms with Crippen LogP contribution in [-0.2, 0) is 0 Å². The van der Waals surface area contributed by atoms with Crippen LogP contribution in [0, 0.1) is 25.2 Å². The van der Waals surface area contributed by atoms with Crippen molar-refractivity contribution in [2.45, 2.75) is 13.8 Å². The Hall–Kier alpha value is -7.22. The summed E-state index contributed by atoms with van der Waals surface area (Å²) in [5.74, 6) is 0. The van der Waals surface area contributed by atoms with Gasteiger partial charge in [-0.25, -0.2) is 0 Å². The smallest absolute Gasteiger partial charge is 0.0998 e. The number of para-hydroxylation sites is 2. The van der Waals surface area contributed by atoms with Crippen LogP contribution in [0.2, 0.25) is 0 Å². The van der Waals surface area contributed by atoms with E-state index in [1.54, 1.807) is 12.4 Å². The van der Waals surface area contributed by atoms with Crippen LogP contribution in [-0.4, -0.2) is 14.1 Å². The standard InChI is InChI=1S/C50H34N4/c1-32-11-15-34(16-12-32)37-19-21-47-43(27-37)40-7-3-5-9-45(40)53(47)49-29-39(31-51)42(36-23-25-52-26-24-36)30-50(49)54-46-10-6-4-8-41(46)44-28-38(20-22-48(44)54)35-17-13-33(2)14-18-35/h3-30H,1-2H3. The van der Waals surface area contributed by atoms with Crippen LogP contribution in [0.4, 0.5) is 0 Å². The minimum absolute atomic E-state index is 0.601. The lowest BCUT2D eigenvalue weighted by Gasteiger charge is -2.19. The highest BCUT2D eigenvalue weighted by Gasteiger charge is 2.22. The molecule has 7 aromatic carbocycles. The van der Waals surface area contributed by atoms with Gasteiger partial charge in [-0.2, -0.15) is 5.26 Å². The first-order valence-corrected chi connectivity index (χ1v) is 18.3. The van der Waals surface area contributed by atoms with Gasteiger partial charge in [0.25, 0.3) is 0 Å². The van der Waals surface area contributed by atoms with Gasteiger partial charge in [0.05, 0.1) is 45.1 Å². The highest BCUT2D eigenvalue weighted by atomic mass is 15.1. The molecule has 10 aromatic rings. The molecule has 0 aliphatic heterocycles. The number of aromatic nitrogens is 3. The topological polar surface area (TPSA) is 46.5 Å². The minimum Gasteiger partial charge on any atom is -0.307 e. The van der Waals surface area contributed by atoms with Crippen molar-refractivity contribution < 1.29 is 0 Å². The molecule has 254 valence electrons. The molecule has 0 atom stereocenters. The van der Waals surface area contributed by atoms with Gasteiger partial charge < -0.3 is 9.13 Å². The molecule has 0 bridgehead atoms. The van der Waals surface area contributed by atoms with Gasteiger partial charge in [-0.3, -0.25) is 4.98 Å². The average Bonchev–Trinajstić information content (AvgIpc) is 3.73. The summed E-state index contributed by atoms with van der Waals surface area (Å²) in [5.41, 5.74) is 15.9. The molecule has 0 saturated heterocycles. The molecular formula is C50H34N4. The number of pyridine rings is 1. The number of hydrogen-bond acceptors (Lipinski definition) is 2. The molecule has 0 aliphatic carbocycles. The van der Waals surface area contributed by atoms with Crippen molar-refractivity contribution >= 4 is 43.6 Å². The molecular weight excluding hydrogens is 657 g/mol. The summed E-state index contributed by atoms with van der Waals surface area (Å²) in [6, 6.07) is 59.0. The highest BCUT2D eigenvalue weighted by molar-refractivity contribution is 6.13. The first-order chi connectivity index (χ1) is 26.6. The molecule has 0 amide bonds. The van der Waals surface area contributed by atoms with Gasteiger partial charge in [-0.05, 0) is 102 Å². The summed E-state index contributed by atoms with van der Waals surface area (Å²) in [6.07, 6.45) is 3.57. The summed E-state index contributed by atoms with van der Waals surface area (Å²) >= 11 is 0. The minimum atomic E-state index is 0.601. The average molecular weight is 691 g/mol. The molecule has 0 spiro atoms. The van der Waals surface area contributed by atoms with Gasteiger partial charge in [0.1, 0.15) is 0 Å². The molecule has 0 radical (unpaired) electrons. The van der Waals surface area contributed by atoms with E-state index in [4.69, 9.17) is 0 Å². The largest absolute Gasteiger partial charge is 0.307 e. The Bertz CT molecular complexity index is 3100. The van der Waals surface area contributed by atoms with Crippen LogP contribution in [0.1, 0.15) is 16.7 Å². The second-order valence-electron chi connectivity index (χ2n) is 14.1. The fourth-order valence-corrected chi connectivity index (χ4v) is 8.11. The van der Waals surface area contributed by atoms with Crippen LogP contribution in [0.3, 0.4) is 0 Å². The number of benzene rings is 7. The zero-order chi connectivity index (χ0) is 36.3. The first-order valence-electron chi connectivity index (χ1n) is 18.3. The van der Waals surface area contributed by atoms with Crippen molar-refractivity contribution in [1.82, 2.24) is 14.1 Å². The van der Waals surface area contributed by atoms with Crippen molar-refractivity contribution in [2.24, 2.45) is 0 Å². The monoisotopic (exact) mass is 690 g/mol. The molecule has 4 heteroatoms. The molecule has 0 N–H and O–H groups in total. The Morgan fingerprint density at radius 3 is 1.37 bits per heavy atom. The van der Waals surface area contributed by atoms with Crippen molar-refractivity contribution in [2.75, 3.05) is 0 Å². The zero-order valence-corrected chi connectivity index (χ0v) is 30.0. The predicted molar refractivity (Wildman–Crippen MR) is 223 cm³/mol. The number of nitrogens with zero attached hydrogens (tertiary/aromatic N) is 4. The highest BCUT2D eigenvalue weighted by Crippen LogP contribution is 2.42. The van der Waals surface area contributed by atoms with E-state index in [1.807, 2.05) is 12.1 Å². The fraction of sp³-hybridized carbons (Fsp3) is 0.0400. The van der Waals surface area contributed by atoms with Crippen molar-refractivity contribution in [3.8, 4) is 50.8 Å². The van der Waals surface area contributed by atoms with E-state index in [1.165, 1.54) is 44.2 Å². The van der Waals surface area contributed by atoms with E-state index in [-0.39, 0.29) is 0 Å². The Labute approximate surface area is 313 Å². The van der Waals surface area contributed by atoms with Gasteiger partial charge in [0.2, 0.25) is 0 Å². The van der Waals surface area contributed by atoms with Crippen LogP contribution in [0.5, 0.6) is 0 Å². The van der Waals surface area contributed by atoms with E-state index in [0.717, 1.165) is 55.3 Å². The lowest BCUT2D eigenvalue weighted by molar-refractivity contribution is 1.09. The third-order valence-electron chi connectivity index (χ3n) is 10.8. The van der Waals surface area contributed by atoms with E-state index in [0.29, 0.717) is 5.56 Å². The summed E-state index contributed by atoms with van der Waals surface area (Å²) in [5, 5.41) is 15.4. The second kappa shape index (κ2) is 12.5. The van der Waals surface area contributed by atoms with E-state index < -0.39 is 0 Å². The normalized spacial score (nSPS) is 11.5. The third-order valence-corrected chi connectivity index (χ3v) is 10.8. The van der Waals surface area contributed by atoms with Crippen LogP contribution >= 0.6 is 0 Å². The quantitative estimate of drug-likeness (QED) is 0.180. The van der Waals surface area contributed by atoms with Crippen molar-refractivity contribution in [3.05, 3.63) is 187 Å². The number of rotatable bonds is 5. The lowest BCUT2D eigenvalue weighted by atomic mass is 9.98. The Balaban J connectivity index is 1.30. The first kappa shape index (κ1) is 31.5. The summed E-state index contributed by atoms with van der Waals surface area (Å²) < 4.78 is 4.73. The number of nitriles is 1. The van der Waals surface area contributed by atoms with Crippen LogP contribution < -0.4 is 0 Å². The summed E-state index contributed by atoms with van der Waals surface area (Å²) in [4.78, 5) is 4.29. The Morgan fingerprint density at radius 2 is 0.870 bits per heavy atom. The van der Waals surface area contributed by atoms with Gasteiger partial charge in [-0.1, -0.05) is 108 Å². The van der Waals surface area contributed by atoms with Crippen LogP contribution in [0.25, 0.3) is 88.4 Å². The Morgan fingerprint density at radius 1 is 0.426 bits per heavy atom. The number of fused-ring (bicyclic) bond motifs is 6. The lowest BCUT2D eigenvalue weighted by Crippen LogP contribution is -2.05. The predicted octanol–water partition coefficient (Wildman–Crippen LogP) is 12.8. The molecule has 0 fully saturated rings. The molecule has 3 aromatic heterocycles. The van der Waals surface area contributed by atoms with E-state index >= 15 is 0 Å². The van der Waals surface area contributed by atoms with Crippen LogP contribution in [0.15, 0.2) is 170 Å². The maximum Gasteiger partial charge on any atom is 0.0998 e. The molecule has 10 rings (SSSR count). The van der Waals surface area contributed by atoms with E-state index in [9.17, 15) is 5.26 Å². The fourth-order valence-electron chi connectivity index (χ4n) is 8.11. The Kier molecular flexibility index (Phi) is 7.28. The second-order valence-corrected chi connectivity index (χ2v) is 14.1. The zero-order valence-electron chi connectivity index (χ0n) is 30.0. The maximum absolute atomic E-state index is 10.7. The maximum atomic E-state index is 10.7. The summed E-state index contributed by atoms with van der Waals surface area (Å²) in [7, 11) is 0.